The van der Waals surface area contributed by atoms with Gasteiger partial charge in [-0.3, -0.25) is 0 Å². The fourth-order valence-electron chi connectivity index (χ4n) is 1.92. The number of nitrogens with two attached hydrogens (primary N) is 1. The van der Waals surface area contributed by atoms with Gasteiger partial charge in [0.1, 0.15) is 0 Å². The summed E-state index contributed by atoms with van der Waals surface area (Å²) in [6.45, 7) is 4.28. The highest BCUT2D eigenvalue weighted by molar-refractivity contribution is 7.89. The summed E-state index contributed by atoms with van der Waals surface area (Å²) in [6, 6.07) is 5.21. The van der Waals surface area contributed by atoms with E-state index >= 15 is 0 Å². The molecule has 0 spiro atoms. The first kappa shape index (κ1) is 15.2. The molecule has 20 heavy (non-hydrogen) atoms. The maximum Gasteiger partial charge on any atom is 0.242 e. The predicted molar refractivity (Wildman–Crippen MR) is 80.9 cm³/mol. The largest absolute Gasteiger partial charge is 0.363 e. The Morgan fingerprint density at radius 1 is 1.45 bits per heavy atom. The summed E-state index contributed by atoms with van der Waals surface area (Å²) in [5.41, 5.74) is 6.19. The van der Waals surface area contributed by atoms with Crippen LogP contribution in [0, 0.1) is 5.92 Å². The van der Waals surface area contributed by atoms with Crippen LogP contribution in [-0.4, -0.2) is 13.4 Å². The Bertz CT molecular complexity index is 645. The minimum absolute atomic E-state index is 0.163. The van der Waals surface area contributed by atoms with Crippen LogP contribution >= 0.6 is 11.3 Å². The molecule has 0 fully saturated rings. The van der Waals surface area contributed by atoms with Crippen molar-refractivity contribution >= 4 is 21.4 Å². The van der Waals surface area contributed by atoms with Crippen LogP contribution in [0.2, 0.25) is 0 Å². The molecule has 0 saturated carbocycles. The van der Waals surface area contributed by atoms with E-state index in [1.807, 2.05) is 31.4 Å². The highest BCUT2D eigenvalue weighted by Crippen LogP contribution is 2.27. The van der Waals surface area contributed by atoms with E-state index in [0.717, 1.165) is 4.88 Å². The Kier molecular flexibility index (Phi) is 4.64. The lowest BCUT2D eigenvalue weighted by Crippen LogP contribution is -2.31. The maximum absolute atomic E-state index is 12.4. The molecule has 0 saturated heterocycles. The lowest BCUT2D eigenvalue weighted by atomic mass is 10.0. The maximum atomic E-state index is 12.4. The molecule has 2 aromatic heterocycles. The second kappa shape index (κ2) is 6.09. The third kappa shape index (κ3) is 3.29. The SMILES string of the molecule is CC(C)C(NS(=O)(=O)c1c[nH]c(CN)c1)c1cccs1. The van der Waals surface area contributed by atoms with Gasteiger partial charge in [-0.2, -0.15) is 0 Å². The standard InChI is InChI=1S/C13H19N3O2S2/c1-9(2)13(12-4-3-5-19-12)16-20(17,18)11-6-10(7-14)15-8-11/h3-6,8-9,13,15-16H,7,14H2,1-2H3. The van der Waals surface area contributed by atoms with Gasteiger partial charge in [-0.1, -0.05) is 19.9 Å². The monoisotopic (exact) mass is 313 g/mol. The van der Waals surface area contributed by atoms with Crippen molar-refractivity contribution in [2.75, 3.05) is 0 Å². The van der Waals surface area contributed by atoms with E-state index in [9.17, 15) is 8.42 Å². The molecule has 0 amide bonds. The Labute approximate surface area is 123 Å². The van der Waals surface area contributed by atoms with Gasteiger partial charge in [-0.15, -0.1) is 11.3 Å². The van der Waals surface area contributed by atoms with Crippen molar-refractivity contribution in [3.63, 3.8) is 0 Å². The van der Waals surface area contributed by atoms with Crippen molar-refractivity contribution in [1.29, 1.82) is 0 Å². The Morgan fingerprint density at radius 3 is 2.70 bits per heavy atom. The first-order valence-corrected chi connectivity index (χ1v) is 8.73. The number of thiophene rings is 1. The van der Waals surface area contributed by atoms with Crippen LogP contribution in [0.4, 0.5) is 0 Å². The minimum Gasteiger partial charge on any atom is -0.363 e. The highest BCUT2D eigenvalue weighted by Gasteiger charge is 2.25. The molecule has 1 atom stereocenters. The number of aromatic nitrogens is 1. The molecule has 0 aromatic carbocycles. The van der Waals surface area contributed by atoms with Crippen LogP contribution in [0.25, 0.3) is 0 Å². The third-order valence-corrected chi connectivity index (χ3v) is 5.42. The first-order valence-electron chi connectivity index (χ1n) is 6.37. The predicted octanol–water partition coefficient (Wildman–Crippen LogP) is 2.21. The lowest BCUT2D eigenvalue weighted by Gasteiger charge is -2.20. The Balaban J connectivity index is 2.25. The van der Waals surface area contributed by atoms with Crippen LogP contribution in [0.1, 0.15) is 30.5 Å². The zero-order valence-electron chi connectivity index (χ0n) is 11.5. The number of aromatic amines is 1. The van der Waals surface area contributed by atoms with Gasteiger partial charge in [0.25, 0.3) is 0 Å². The summed E-state index contributed by atoms with van der Waals surface area (Å²) in [6.07, 6.45) is 1.47. The first-order chi connectivity index (χ1) is 9.44. The molecule has 2 heterocycles. The molecule has 0 bridgehead atoms. The number of sulfonamides is 1. The summed E-state index contributed by atoms with van der Waals surface area (Å²) in [4.78, 5) is 4.09. The van der Waals surface area contributed by atoms with E-state index < -0.39 is 10.0 Å². The van der Waals surface area contributed by atoms with E-state index in [1.165, 1.54) is 6.20 Å². The third-order valence-electron chi connectivity index (χ3n) is 3.05. The number of rotatable bonds is 6. The molecule has 5 nitrogen and oxygen atoms in total. The van der Waals surface area contributed by atoms with Crippen molar-refractivity contribution < 1.29 is 8.42 Å². The summed E-state index contributed by atoms with van der Waals surface area (Å²) >= 11 is 1.55. The van der Waals surface area contributed by atoms with Gasteiger partial charge >= 0.3 is 0 Å². The number of nitrogens with one attached hydrogen (secondary N) is 2. The van der Waals surface area contributed by atoms with Gasteiger partial charge in [-0.25, -0.2) is 13.1 Å². The van der Waals surface area contributed by atoms with Crippen LogP contribution in [-0.2, 0) is 16.6 Å². The molecule has 7 heteroatoms. The number of hydrogen-bond donors (Lipinski definition) is 3. The summed E-state index contributed by atoms with van der Waals surface area (Å²) in [5, 5.41) is 1.95. The highest BCUT2D eigenvalue weighted by atomic mass is 32.2. The fraction of sp³-hybridized carbons (Fsp3) is 0.385. The molecule has 4 N–H and O–H groups in total. The molecule has 0 aliphatic rings. The smallest absolute Gasteiger partial charge is 0.242 e. The zero-order valence-corrected chi connectivity index (χ0v) is 13.1. The second-order valence-electron chi connectivity index (χ2n) is 4.92. The van der Waals surface area contributed by atoms with Crippen LogP contribution in [0.5, 0.6) is 0 Å². The molecule has 1 unspecified atom stereocenters. The van der Waals surface area contributed by atoms with Gasteiger partial charge in [0.15, 0.2) is 0 Å². The van der Waals surface area contributed by atoms with E-state index in [-0.39, 0.29) is 23.4 Å². The van der Waals surface area contributed by atoms with Crippen molar-refractivity contribution in [2.45, 2.75) is 31.3 Å². The number of H-pyrrole nitrogens is 1. The van der Waals surface area contributed by atoms with Gasteiger partial charge in [-0.05, 0) is 23.4 Å². The van der Waals surface area contributed by atoms with E-state index in [2.05, 4.69) is 9.71 Å². The van der Waals surface area contributed by atoms with Gasteiger partial charge in [0, 0.05) is 23.3 Å². The summed E-state index contributed by atoms with van der Waals surface area (Å²) in [5.74, 6) is 0.163. The Morgan fingerprint density at radius 2 is 2.20 bits per heavy atom. The van der Waals surface area contributed by atoms with Gasteiger partial charge < -0.3 is 10.7 Å². The van der Waals surface area contributed by atoms with E-state index in [1.54, 1.807) is 17.4 Å². The normalized spacial score (nSPS) is 13.8. The summed E-state index contributed by atoms with van der Waals surface area (Å²) < 4.78 is 27.6. The molecule has 2 aromatic rings. The molecular weight excluding hydrogens is 294 g/mol. The Hall–Kier alpha value is -1.15. The van der Waals surface area contributed by atoms with E-state index in [0.29, 0.717) is 5.69 Å². The number of hydrogen-bond acceptors (Lipinski definition) is 4. The topological polar surface area (TPSA) is 88.0 Å². The lowest BCUT2D eigenvalue weighted by molar-refractivity contribution is 0.469. The van der Waals surface area contributed by atoms with E-state index in [4.69, 9.17) is 5.73 Å². The molecule has 0 aliphatic carbocycles. The minimum atomic E-state index is -3.55. The van der Waals surface area contributed by atoms with Crippen LogP contribution in [0.3, 0.4) is 0 Å². The zero-order chi connectivity index (χ0) is 14.8. The van der Waals surface area contributed by atoms with Crippen LogP contribution < -0.4 is 10.5 Å². The molecule has 0 aliphatic heterocycles. The molecule has 2 rings (SSSR count). The van der Waals surface area contributed by atoms with Crippen molar-refractivity contribution in [3.8, 4) is 0 Å². The quantitative estimate of drug-likeness (QED) is 0.764. The average Bonchev–Trinajstić information content (AvgIpc) is 3.06. The second-order valence-corrected chi connectivity index (χ2v) is 7.62. The van der Waals surface area contributed by atoms with Crippen molar-refractivity contribution in [3.05, 3.63) is 40.3 Å². The fourth-order valence-corrected chi connectivity index (χ4v) is 4.32. The summed E-state index contributed by atoms with van der Waals surface area (Å²) in [7, 11) is -3.55. The van der Waals surface area contributed by atoms with Crippen molar-refractivity contribution in [2.24, 2.45) is 11.7 Å². The molecular formula is C13H19N3O2S2. The van der Waals surface area contributed by atoms with Gasteiger partial charge in [0.2, 0.25) is 10.0 Å². The molecule has 110 valence electrons. The van der Waals surface area contributed by atoms with Crippen molar-refractivity contribution in [1.82, 2.24) is 9.71 Å². The average molecular weight is 313 g/mol. The van der Waals surface area contributed by atoms with Gasteiger partial charge in [0.05, 0.1) is 10.9 Å². The van der Waals surface area contributed by atoms with Crippen LogP contribution in [0.15, 0.2) is 34.7 Å². The molecule has 0 radical (unpaired) electrons.